The number of carboxylic acids is 1. The SMILES string of the molecule is CN(C)C1CCN(c2cc(Br)ccc2/C=C/C(=O)O)CC1. The van der Waals surface area contributed by atoms with Crippen molar-refractivity contribution < 1.29 is 9.90 Å². The van der Waals surface area contributed by atoms with Gasteiger partial charge < -0.3 is 14.9 Å². The summed E-state index contributed by atoms with van der Waals surface area (Å²) in [5.41, 5.74) is 2.04. The van der Waals surface area contributed by atoms with Crippen LogP contribution in [-0.2, 0) is 4.79 Å². The van der Waals surface area contributed by atoms with E-state index >= 15 is 0 Å². The van der Waals surface area contributed by atoms with Gasteiger partial charge in [-0.25, -0.2) is 4.79 Å². The van der Waals surface area contributed by atoms with Crippen LogP contribution < -0.4 is 4.90 Å². The van der Waals surface area contributed by atoms with Gasteiger partial charge in [0, 0.05) is 35.4 Å². The summed E-state index contributed by atoms with van der Waals surface area (Å²) >= 11 is 3.50. The maximum absolute atomic E-state index is 10.7. The number of nitrogens with zero attached hydrogens (tertiary/aromatic N) is 2. The van der Waals surface area contributed by atoms with Crippen LogP contribution in [0.15, 0.2) is 28.7 Å². The largest absolute Gasteiger partial charge is 0.478 e. The van der Waals surface area contributed by atoms with E-state index in [2.05, 4.69) is 45.9 Å². The molecule has 1 N–H and O–H groups in total. The van der Waals surface area contributed by atoms with Gasteiger partial charge in [-0.2, -0.15) is 0 Å². The second-order valence-electron chi connectivity index (χ2n) is 5.56. The molecule has 0 radical (unpaired) electrons. The highest BCUT2D eigenvalue weighted by Crippen LogP contribution is 2.29. The van der Waals surface area contributed by atoms with Gasteiger partial charge in [0.05, 0.1) is 0 Å². The van der Waals surface area contributed by atoms with Crippen LogP contribution in [0.3, 0.4) is 0 Å². The van der Waals surface area contributed by atoms with Crippen molar-refractivity contribution in [2.45, 2.75) is 18.9 Å². The quantitative estimate of drug-likeness (QED) is 0.845. The van der Waals surface area contributed by atoms with Crippen molar-refractivity contribution in [3.63, 3.8) is 0 Å². The third kappa shape index (κ3) is 4.32. The van der Waals surface area contributed by atoms with E-state index in [1.54, 1.807) is 6.08 Å². The Balaban J connectivity index is 2.19. The number of anilines is 1. The van der Waals surface area contributed by atoms with Crippen LogP contribution in [0.2, 0.25) is 0 Å². The third-order valence-corrected chi connectivity index (χ3v) is 4.43. The Morgan fingerprint density at radius 3 is 2.62 bits per heavy atom. The predicted octanol–water partition coefficient (Wildman–Crippen LogP) is 3.08. The van der Waals surface area contributed by atoms with Crippen molar-refractivity contribution in [3.05, 3.63) is 34.3 Å². The van der Waals surface area contributed by atoms with Gasteiger partial charge in [-0.05, 0) is 50.7 Å². The van der Waals surface area contributed by atoms with Crippen LogP contribution in [-0.4, -0.2) is 49.2 Å². The molecule has 1 aliphatic heterocycles. The molecule has 0 atom stereocenters. The molecule has 0 aliphatic carbocycles. The van der Waals surface area contributed by atoms with Crippen LogP contribution in [0, 0.1) is 0 Å². The first-order valence-electron chi connectivity index (χ1n) is 7.09. The van der Waals surface area contributed by atoms with Crippen LogP contribution in [0.25, 0.3) is 6.08 Å². The third-order valence-electron chi connectivity index (χ3n) is 3.93. The topological polar surface area (TPSA) is 43.8 Å². The number of carboxylic acid groups (broad SMARTS) is 1. The average molecular weight is 353 g/mol. The number of aliphatic carboxylic acids is 1. The summed E-state index contributed by atoms with van der Waals surface area (Å²) in [4.78, 5) is 15.4. The maximum atomic E-state index is 10.7. The van der Waals surface area contributed by atoms with E-state index < -0.39 is 5.97 Å². The highest BCUT2D eigenvalue weighted by atomic mass is 79.9. The second kappa shape index (κ2) is 7.09. The Hall–Kier alpha value is -1.33. The summed E-state index contributed by atoms with van der Waals surface area (Å²) in [5, 5.41) is 8.81. The van der Waals surface area contributed by atoms with Crippen LogP contribution >= 0.6 is 15.9 Å². The first kappa shape index (κ1) is 16.0. The molecule has 1 saturated heterocycles. The lowest BCUT2D eigenvalue weighted by Gasteiger charge is -2.37. The zero-order valence-corrected chi connectivity index (χ0v) is 14.0. The molecular formula is C16H21BrN2O2. The molecule has 4 nitrogen and oxygen atoms in total. The summed E-state index contributed by atoms with van der Waals surface area (Å²) < 4.78 is 1.01. The molecule has 0 aromatic heterocycles. The van der Waals surface area contributed by atoms with E-state index in [9.17, 15) is 4.79 Å². The van der Waals surface area contributed by atoms with Crippen molar-refractivity contribution in [2.24, 2.45) is 0 Å². The molecule has 0 bridgehead atoms. The van der Waals surface area contributed by atoms with E-state index in [0.717, 1.165) is 41.7 Å². The van der Waals surface area contributed by atoms with E-state index in [-0.39, 0.29) is 0 Å². The number of halogens is 1. The smallest absolute Gasteiger partial charge is 0.328 e. The van der Waals surface area contributed by atoms with Crippen LogP contribution in [0.5, 0.6) is 0 Å². The van der Waals surface area contributed by atoms with E-state index in [4.69, 9.17) is 5.11 Å². The van der Waals surface area contributed by atoms with Gasteiger partial charge in [0.2, 0.25) is 0 Å². The van der Waals surface area contributed by atoms with E-state index in [0.29, 0.717) is 6.04 Å². The molecule has 0 spiro atoms. The fraction of sp³-hybridized carbons (Fsp3) is 0.438. The molecule has 5 heteroatoms. The molecule has 1 fully saturated rings. The molecule has 1 heterocycles. The Kier molecular flexibility index (Phi) is 5.42. The van der Waals surface area contributed by atoms with Crippen LogP contribution in [0.4, 0.5) is 5.69 Å². The first-order valence-corrected chi connectivity index (χ1v) is 7.88. The Bertz CT molecular complexity index is 535. The number of hydrogen-bond donors (Lipinski definition) is 1. The van der Waals surface area contributed by atoms with E-state index in [1.807, 2.05) is 12.1 Å². The normalized spacial score (nSPS) is 16.9. The summed E-state index contributed by atoms with van der Waals surface area (Å²) in [6.07, 6.45) is 5.12. The summed E-state index contributed by atoms with van der Waals surface area (Å²) in [5.74, 6) is -0.921. The molecule has 1 aromatic rings. The number of rotatable bonds is 4. The molecule has 1 aromatic carbocycles. The van der Waals surface area contributed by atoms with Crippen molar-refractivity contribution >= 4 is 33.7 Å². The molecular weight excluding hydrogens is 332 g/mol. The lowest BCUT2D eigenvalue weighted by molar-refractivity contribution is -0.131. The molecule has 114 valence electrons. The number of benzene rings is 1. The minimum atomic E-state index is -0.921. The second-order valence-corrected chi connectivity index (χ2v) is 6.47. The average Bonchev–Trinajstić information content (AvgIpc) is 2.46. The Labute approximate surface area is 134 Å². The van der Waals surface area contributed by atoms with Gasteiger partial charge in [0.1, 0.15) is 0 Å². The predicted molar refractivity (Wildman–Crippen MR) is 89.7 cm³/mol. The van der Waals surface area contributed by atoms with Gasteiger partial charge in [-0.1, -0.05) is 22.0 Å². The fourth-order valence-corrected chi connectivity index (χ4v) is 3.06. The molecule has 0 amide bonds. The lowest BCUT2D eigenvalue weighted by Crippen LogP contribution is -2.42. The number of carbonyl (C=O) groups is 1. The monoisotopic (exact) mass is 352 g/mol. The Morgan fingerprint density at radius 1 is 1.38 bits per heavy atom. The van der Waals surface area contributed by atoms with Gasteiger partial charge >= 0.3 is 5.97 Å². The minimum Gasteiger partial charge on any atom is -0.478 e. The standard InChI is InChI=1S/C16H21BrN2O2/c1-18(2)14-7-9-19(10-8-14)15-11-13(17)5-3-12(15)4-6-16(20)21/h3-6,11,14H,7-10H2,1-2H3,(H,20,21)/b6-4+. The molecule has 2 rings (SSSR count). The Morgan fingerprint density at radius 2 is 2.05 bits per heavy atom. The lowest BCUT2D eigenvalue weighted by atomic mass is 10.0. The van der Waals surface area contributed by atoms with Crippen molar-refractivity contribution in [2.75, 3.05) is 32.1 Å². The highest BCUT2D eigenvalue weighted by Gasteiger charge is 2.22. The summed E-state index contributed by atoms with van der Waals surface area (Å²) in [6, 6.07) is 6.60. The van der Waals surface area contributed by atoms with Gasteiger partial charge in [-0.3, -0.25) is 0 Å². The van der Waals surface area contributed by atoms with Crippen molar-refractivity contribution in [1.82, 2.24) is 4.90 Å². The molecule has 0 saturated carbocycles. The molecule has 1 aliphatic rings. The van der Waals surface area contributed by atoms with Gasteiger partial charge in [-0.15, -0.1) is 0 Å². The van der Waals surface area contributed by atoms with E-state index in [1.165, 1.54) is 6.08 Å². The molecule has 21 heavy (non-hydrogen) atoms. The zero-order valence-electron chi connectivity index (χ0n) is 12.4. The van der Waals surface area contributed by atoms with Gasteiger partial charge in [0.25, 0.3) is 0 Å². The van der Waals surface area contributed by atoms with Crippen molar-refractivity contribution in [3.8, 4) is 0 Å². The fourth-order valence-electron chi connectivity index (χ4n) is 2.72. The zero-order chi connectivity index (χ0) is 15.4. The number of piperidine rings is 1. The summed E-state index contributed by atoms with van der Waals surface area (Å²) in [7, 11) is 4.25. The first-order chi connectivity index (χ1) is 9.97. The van der Waals surface area contributed by atoms with Crippen LogP contribution in [0.1, 0.15) is 18.4 Å². The molecule has 0 unspecified atom stereocenters. The number of hydrogen-bond acceptors (Lipinski definition) is 3. The van der Waals surface area contributed by atoms with Crippen molar-refractivity contribution in [1.29, 1.82) is 0 Å². The maximum Gasteiger partial charge on any atom is 0.328 e. The summed E-state index contributed by atoms with van der Waals surface area (Å²) in [6.45, 7) is 1.99. The highest BCUT2D eigenvalue weighted by molar-refractivity contribution is 9.10. The minimum absolute atomic E-state index is 0.631. The van der Waals surface area contributed by atoms with Gasteiger partial charge in [0.15, 0.2) is 0 Å².